The maximum Gasteiger partial charge on any atom is 0.408 e. The molecule has 10 nitrogen and oxygen atoms in total. The molecule has 4 amide bonds. The van der Waals surface area contributed by atoms with E-state index in [2.05, 4.69) is 17.6 Å². The van der Waals surface area contributed by atoms with Crippen LogP contribution in [0.2, 0.25) is 0 Å². The van der Waals surface area contributed by atoms with E-state index in [0.29, 0.717) is 12.1 Å². The highest BCUT2D eigenvalue weighted by atomic mass is 16.6. The number of alkyl carbamates (subject to hydrolysis) is 1. The third kappa shape index (κ3) is 9.85. The Labute approximate surface area is 213 Å². The number of benzene rings is 1. The number of rotatable bonds is 13. The van der Waals surface area contributed by atoms with Crippen LogP contribution in [-0.2, 0) is 19.1 Å². The summed E-state index contributed by atoms with van der Waals surface area (Å²) >= 11 is 0. The lowest BCUT2D eigenvalue weighted by Gasteiger charge is -2.35. The van der Waals surface area contributed by atoms with Gasteiger partial charge in [0, 0.05) is 13.1 Å². The molecule has 202 valence electrons. The summed E-state index contributed by atoms with van der Waals surface area (Å²) < 4.78 is 5.24. The van der Waals surface area contributed by atoms with E-state index in [1.807, 2.05) is 32.0 Å². The number of nitrogens with zero attached hydrogens (tertiary/aromatic N) is 1. The summed E-state index contributed by atoms with van der Waals surface area (Å²) in [6, 6.07) is 3.04. The van der Waals surface area contributed by atoms with E-state index >= 15 is 0 Å². The molecule has 1 rings (SSSR count). The topological polar surface area (TPSA) is 151 Å². The highest BCUT2D eigenvalue weighted by molar-refractivity contribution is 5.94. The van der Waals surface area contributed by atoms with Crippen molar-refractivity contribution in [2.45, 2.75) is 84.9 Å². The van der Waals surface area contributed by atoms with E-state index in [0.717, 1.165) is 30.4 Å². The SMILES string of the molecule is CCCCCNC(=O)C(c1c(C)cccc1C)N(CCO)C(=O)C(CC(N)=O)NC(=O)OC(C)(C)C. The normalized spacial score (nSPS) is 12.9. The van der Waals surface area contributed by atoms with Gasteiger partial charge in [-0.15, -0.1) is 0 Å². The van der Waals surface area contributed by atoms with Crippen molar-refractivity contribution in [2.24, 2.45) is 5.73 Å². The van der Waals surface area contributed by atoms with Crippen LogP contribution in [-0.4, -0.2) is 65.2 Å². The van der Waals surface area contributed by atoms with Crippen LogP contribution in [0.4, 0.5) is 4.79 Å². The van der Waals surface area contributed by atoms with Gasteiger partial charge >= 0.3 is 6.09 Å². The highest BCUT2D eigenvalue weighted by Gasteiger charge is 2.37. The van der Waals surface area contributed by atoms with Crippen LogP contribution < -0.4 is 16.4 Å². The fraction of sp³-hybridized carbons (Fsp3) is 0.615. The van der Waals surface area contributed by atoms with Gasteiger partial charge in [-0.25, -0.2) is 4.79 Å². The van der Waals surface area contributed by atoms with Crippen LogP contribution in [0.25, 0.3) is 0 Å². The zero-order valence-electron chi connectivity index (χ0n) is 22.3. The number of aryl methyl sites for hydroxylation is 2. The van der Waals surface area contributed by atoms with Gasteiger partial charge < -0.3 is 31.1 Å². The Morgan fingerprint density at radius 2 is 1.72 bits per heavy atom. The van der Waals surface area contributed by atoms with Crippen LogP contribution in [0, 0.1) is 13.8 Å². The van der Waals surface area contributed by atoms with E-state index in [-0.39, 0.29) is 6.54 Å². The van der Waals surface area contributed by atoms with Gasteiger partial charge in [-0.2, -0.15) is 0 Å². The van der Waals surface area contributed by atoms with Crippen molar-refractivity contribution in [1.29, 1.82) is 0 Å². The summed E-state index contributed by atoms with van der Waals surface area (Å²) in [4.78, 5) is 52.6. The predicted molar refractivity (Wildman–Crippen MR) is 137 cm³/mol. The first-order chi connectivity index (χ1) is 16.8. The first-order valence-electron chi connectivity index (χ1n) is 12.3. The fourth-order valence-electron chi connectivity index (χ4n) is 3.90. The number of ether oxygens (including phenoxy) is 1. The van der Waals surface area contributed by atoms with Crippen molar-refractivity contribution in [3.8, 4) is 0 Å². The Morgan fingerprint density at radius 3 is 2.22 bits per heavy atom. The summed E-state index contributed by atoms with van der Waals surface area (Å²) in [7, 11) is 0. The van der Waals surface area contributed by atoms with Gasteiger partial charge in [-0.05, 0) is 57.7 Å². The van der Waals surface area contributed by atoms with Crippen molar-refractivity contribution < 1.29 is 29.0 Å². The van der Waals surface area contributed by atoms with Crippen molar-refractivity contribution in [3.63, 3.8) is 0 Å². The second-order valence-electron chi connectivity index (χ2n) is 9.83. The molecule has 0 saturated carbocycles. The molecule has 0 aromatic heterocycles. The molecule has 2 atom stereocenters. The number of unbranched alkanes of at least 4 members (excludes halogenated alkanes) is 2. The number of hydrogen-bond acceptors (Lipinski definition) is 6. The second kappa shape index (κ2) is 14.4. The van der Waals surface area contributed by atoms with Crippen molar-refractivity contribution in [3.05, 3.63) is 34.9 Å². The van der Waals surface area contributed by atoms with E-state index in [9.17, 15) is 24.3 Å². The van der Waals surface area contributed by atoms with Gasteiger partial charge in [0.25, 0.3) is 0 Å². The zero-order chi connectivity index (χ0) is 27.5. The molecule has 0 aliphatic heterocycles. The van der Waals surface area contributed by atoms with Crippen LogP contribution in [0.1, 0.15) is 76.1 Å². The number of nitrogens with two attached hydrogens (primary N) is 1. The second-order valence-corrected chi connectivity index (χ2v) is 9.83. The maximum atomic E-state index is 13.7. The first kappa shape index (κ1) is 30.9. The average Bonchev–Trinajstić information content (AvgIpc) is 2.75. The average molecular weight is 507 g/mol. The molecular weight excluding hydrogens is 464 g/mol. The molecular formula is C26H42N4O6. The summed E-state index contributed by atoms with van der Waals surface area (Å²) in [6.45, 7) is 10.5. The molecule has 0 fully saturated rings. The molecule has 0 spiro atoms. The molecule has 0 radical (unpaired) electrons. The Bertz CT molecular complexity index is 892. The third-order valence-corrected chi connectivity index (χ3v) is 5.47. The lowest BCUT2D eigenvalue weighted by molar-refractivity contribution is -0.144. The summed E-state index contributed by atoms with van der Waals surface area (Å²) in [6.07, 6.45) is 1.29. The van der Waals surface area contributed by atoms with Crippen LogP contribution in [0.15, 0.2) is 18.2 Å². The standard InChI is InChI=1S/C26H42N4O6/c1-7-8-9-13-28-23(33)22(21-17(2)11-10-12-18(21)3)30(14-15-31)24(34)19(16-20(27)32)29-25(35)36-26(4,5)6/h10-12,19,22,31H,7-9,13-16H2,1-6H3,(H2,27,32)(H,28,33)(H,29,35). The minimum absolute atomic E-state index is 0.203. The number of nitrogens with one attached hydrogen (secondary N) is 2. The summed E-state index contributed by atoms with van der Waals surface area (Å²) in [5.41, 5.74) is 6.71. The number of amides is 4. The Hall–Kier alpha value is -3.14. The molecule has 36 heavy (non-hydrogen) atoms. The minimum atomic E-state index is -1.39. The molecule has 0 aliphatic carbocycles. The molecule has 10 heteroatoms. The van der Waals surface area contributed by atoms with Crippen LogP contribution >= 0.6 is 0 Å². The number of aliphatic hydroxyl groups is 1. The van der Waals surface area contributed by atoms with Gasteiger partial charge in [0.2, 0.25) is 17.7 Å². The number of carbonyl (C=O) groups excluding carboxylic acids is 4. The van der Waals surface area contributed by atoms with E-state index in [1.54, 1.807) is 20.8 Å². The Balaban J connectivity index is 3.46. The number of aliphatic hydroxyl groups excluding tert-OH is 1. The Morgan fingerprint density at radius 1 is 1.11 bits per heavy atom. The van der Waals surface area contributed by atoms with Crippen molar-refractivity contribution in [1.82, 2.24) is 15.5 Å². The molecule has 5 N–H and O–H groups in total. The van der Waals surface area contributed by atoms with Gasteiger partial charge in [0.15, 0.2) is 0 Å². The molecule has 0 bridgehead atoms. The van der Waals surface area contributed by atoms with Gasteiger partial charge in [0.1, 0.15) is 17.7 Å². The lowest BCUT2D eigenvalue weighted by atomic mass is 9.93. The Kier molecular flexibility index (Phi) is 12.4. The van der Waals surface area contributed by atoms with E-state index < -0.39 is 54.5 Å². The molecule has 1 aromatic rings. The van der Waals surface area contributed by atoms with Crippen molar-refractivity contribution >= 4 is 23.8 Å². The maximum absolute atomic E-state index is 13.7. The summed E-state index contributed by atoms with van der Waals surface area (Å²) in [5, 5.41) is 15.1. The monoisotopic (exact) mass is 506 g/mol. The number of carbonyl (C=O) groups is 4. The van der Waals surface area contributed by atoms with Crippen molar-refractivity contribution in [2.75, 3.05) is 19.7 Å². The van der Waals surface area contributed by atoms with E-state index in [4.69, 9.17) is 10.5 Å². The third-order valence-electron chi connectivity index (χ3n) is 5.47. The lowest BCUT2D eigenvalue weighted by Crippen LogP contribution is -2.54. The molecule has 1 aromatic carbocycles. The number of hydrogen-bond donors (Lipinski definition) is 4. The molecule has 0 aliphatic rings. The van der Waals surface area contributed by atoms with Gasteiger partial charge in [-0.3, -0.25) is 14.4 Å². The van der Waals surface area contributed by atoms with Crippen LogP contribution in [0.3, 0.4) is 0 Å². The predicted octanol–water partition coefficient (Wildman–Crippen LogP) is 2.24. The van der Waals surface area contributed by atoms with Gasteiger partial charge in [-0.1, -0.05) is 38.0 Å². The summed E-state index contributed by atoms with van der Waals surface area (Å²) in [5.74, 6) is -1.97. The highest BCUT2D eigenvalue weighted by Crippen LogP contribution is 2.28. The fourth-order valence-corrected chi connectivity index (χ4v) is 3.90. The molecule has 0 saturated heterocycles. The first-order valence-corrected chi connectivity index (χ1v) is 12.3. The largest absolute Gasteiger partial charge is 0.444 e. The van der Waals surface area contributed by atoms with Crippen LogP contribution in [0.5, 0.6) is 0 Å². The van der Waals surface area contributed by atoms with Gasteiger partial charge in [0.05, 0.1) is 13.0 Å². The minimum Gasteiger partial charge on any atom is -0.444 e. The number of primary amides is 1. The quantitative estimate of drug-likeness (QED) is 0.301. The molecule has 0 heterocycles. The molecule has 2 unspecified atom stereocenters. The smallest absolute Gasteiger partial charge is 0.408 e. The van der Waals surface area contributed by atoms with E-state index in [1.165, 1.54) is 4.90 Å². The zero-order valence-corrected chi connectivity index (χ0v) is 22.3.